The summed E-state index contributed by atoms with van der Waals surface area (Å²) in [6.45, 7) is 2.83. The zero-order valence-electron chi connectivity index (χ0n) is 17.2. The molecule has 2 aromatic rings. The number of anilines is 1. The van der Waals surface area contributed by atoms with Crippen LogP contribution in [0, 0.1) is 0 Å². The predicted octanol–water partition coefficient (Wildman–Crippen LogP) is 2.09. The third-order valence-corrected chi connectivity index (χ3v) is 6.77. The normalized spacial score (nSPS) is 13.4. The summed E-state index contributed by atoms with van der Waals surface area (Å²) in [5.41, 5.74) is 0.602. The highest BCUT2D eigenvalue weighted by Crippen LogP contribution is 2.28. The number of rotatable bonds is 7. The van der Waals surface area contributed by atoms with Gasteiger partial charge in [-0.2, -0.15) is 4.31 Å². The lowest BCUT2D eigenvalue weighted by atomic mass is 10.1. The lowest BCUT2D eigenvalue weighted by molar-refractivity contribution is -0.118. The molecule has 164 valence electrons. The fourth-order valence-electron chi connectivity index (χ4n) is 2.78. The minimum atomic E-state index is -3.77. The van der Waals surface area contributed by atoms with E-state index in [0.717, 1.165) is 0 Å². The number of amides is 1. The van der Waals surface area contributed by atoms with Gasteiger partial charge in [-0.25, -0.2) is 13.2 Å². The number of fused-ring (bicyclic) bond motifs is 1. The first-order valence-electron chi connectivity index (χ1n) is 9.44. The molecule has 0 spiro atoms. The molecule has 0 aromatic heterocycles. The number of nitrogens with one attached hydrogen (secondary N) is 1. The zero-order chi connectivity index (χ0) is 22.8. The van der Waals surface area contributed by atoms with E-state index in [2.05, 4.69) is 5.32 Å². The molecular formula is C21H22N2O7S. The van der Waals surface area contributed by atoms with Gasteiger partial charge in [0.1, 0.15) is 5.75 Å². The van der Waals surface area contributed by atoms with Gasteiger partial charge in [-0.1, -0.05) is 6.07 Å². The summed E-state index contributed by atoms with van der Waals surface area (Å²) in [5.74, 6) is -1.20. The highest BCUT2D eigenvalue weighted by molar-refractivity contribution is 7.89. The fourth-order valence-corrected chi connectivity index (χ4v) is 4.20. The van der Waals surface area contributed by atoms with Crippen LogP contribution in [0.5, 0.6) is 5.75 Å². The van der Waals surface area contributed by atoms with Crippen molar-refractivity contribution in [2.75, 3.05) is 25.6 Å². The van der Waals surface area contributed by atoms with Crippen LogP contribution in [0.4, 0.5) is 5.69 Å². The third-order valence-electron chi connectivity index (χ3n) is 4.74. The number of carbonyl (C=O) groups is 3. The molecular weight excluding hydrogens is 424 g/mol. The van der Waals surface area contributed by atoms with Gasteiger partial charge < -0.3 is 14.8 Å². The van der Waals surface area contributed by atoms with Gasteiger partial charge in [0.05, 0.1) is 16.1 Å². The monoisotopic (exact) mass is 446 g/mol. The molecule has 0 saturated carbocycles. The smallest absolute Gasteiger partial charge is 0.338 e. The molecule has 2 aromatic carbocycles. The van der Waals surface area contributed by atoms with Crippen LogP contribution in [0.15, 0.2) is 47.4 Å². The first-order valence-corrected chi connectivity index (χ1v) is 10.9. The molecule has 1 N–H and O–H groups in total. The molecule has 0 radical (unpaired) electrons. The van der Waals surface area contributed by atoms with Crippen molar-refractivity contribution in [1.82, 2.24) is 4.31 Å². The molecule has 0 aliphatic carbocycles. The van der Waals surface area contributed by atoms with Crippen molar-refractivity contribution in [2.45, 2.75) is 24.8 Å². The summed E-state index contributed by atoms with van der Waals surface area (Å²) in [7, 11) is -2.32. The maximum absolute atomic E-state index is 12.6. The van der Waals surface area contributed by atoms with Gasteiger partial charge in [-0.3, -0.25) is 9.59 Å². The van der Waals surface area contributed by atoms with Crippen molar-refractivity contribution in [1.29, 1.82) is 0 Å². The van der Waals surface area contributed by atoms with Gasteiger partial charge in [-0.15, -0.1) is 0 Å². The molecule has 1 amide bonds. The van der Waals surface area contributed by atoms with Crippen LogP contribution in [-0.2, 0) is 19.6 Å². The van der Waals surface area contributed by atoms with Crippen LogP contribution in [0.25, 0.3) is 0 Å². The first kappa shape index (κ1) is 22.4. The van der Waals surface area contributed by atoms with Gasteiger partial charge in [0.25, 0.3) is 5.91 Å². The number of ether oxygens (including phenoxy) is 2. The van der Waals surface area contributed by atoms with Gasteiger partial charge in [0, 0.05) is 18.7 Å². The lowest BCUT2D eigenvalue weighted by Gasteiger charge is -2.21. The summed E-state index contributed by atoms with van der Waals surface area (Å²) in [5, 5.41) is 2.60. The number of hydrogen-bond acceptors (Lipinski definition) is 7. The van der Waals surface area contributed by atoms with Crippen molar-refractivity contribution >= 4 is 33.4 Å². The zero-order valence-corrected chi connectivity index (χ0v) is 18.1. The lowest BCUT2D eigenvalue weighted by Crippen LogP contribution is -2.33. The highest BCUT2D eigenvalue weighted by atomic mass is 32.2. The Labute approximate surface area is 180 Å². The van der Waals surface area contributed by atoms with Gasteiger partial charge in [0.2, 0.25) is 10.0 Å². The van der Waals surface area contributed by atoms with Gasteiger partial charge >= 0.3 is 5.97 Å². The van der Waals surface area contributed by atoms with E-state index in [1.807, 2.05) is 0 Å². The van der Waals surface area contributed by atoms with Crippen molar-refractivity contribution < 1.29 is 32.3 Å². The van der Waals surface area contributed by atoms with Crippen LogP contribution in [-0.4, -0.2) is 56.7 Å². The number of carbonyl (C=O) groups excluding carboxylic acids is 3. The van der Waals surface area contributed by atoms with E-state index >= 15 is 0 Å². The minimum Gasteiger partial charge on any atom is -0.482 e. The summed E-state index contributed by atoms with van der Waals surface area (Å²) >= 11 is 0. The molecule has 0 fully saturated rings. The second-order valence-electron chi connectivity index (χ2n) is 7.19. The number of benzene rings is 2. The van der Waals surface area contributed by atoms with E-state index in [-0.39, 0.29) is 34.6 Å². The second kappa shape index (κ2) is 8.86. The number of Topliss-reactive ketones (excluding diaryl/α,β-unsaturated/α-hetero) is 1. The van der Waals surface area contributed by atoms with Crippen LogP contribution >= 0.6 is 0 Å². The first-order chi connectivity index (χ1) is 14.6. The average molecular weight is 446 g/mol. The largest absolute Gasteiger partial charge is 0.482 e. The summed E-state index contributed by atoms with van der Waals surface area (Å²) in [6.07, 6.45) is 0. The molecule has 1 aliphatic rings. The number of nitrogens with zero attached hydrogens (tertiary/aromatic N) is 1. The Morgan fingerprint density at radius 1 is 1.16 bits per heavy atom. The van der Waals surface area contributed by atoms with E-state index in [9.17, 15) is 22.8 Å². The predicted molar refractivity (Wildman–Crippen MR) is 112 cm³/mol. The quantitative estimate of drug-likeness (QED) is 0.511. The number of hydrogen-bond donors (Lipinski definition) is 1. The van der Waals surface area contributed by atoms with Crippen LogP contribution < -0.4 is 10.1 Å². The molecule has 10 heteroatoms. The number of sulfonamides is 1. The van der Waals surface area contributed by atoms with E-state index in [1.54, 1.807) is 19.9 Å². The maximum Gasteiger partial charge on any atom is 0.338 e. The molecule has 3 rings (SSSR count). The van der Waals surface area contributed by atoms with Crippen molar-refractivity contribution in [3.05, 3.63) is 53.6 Å². The van der Waals surface area contributed by atoms with Crippen molar-refractivity contribution in [3.8, 4) is 5.75 Å². The minimum absolute atomic E-state index is 0.0112. The topological polar surface area (TPSA) is 119 Å². The second-order valence-corrected chi connectivity index (χ2v) is 9.19. The van der Waals surface area contributed by atoms with E-state index in [1.165, 1.54) is 47.8 Å². The van der Waals surface area contributed by atoms with E-state index in [0.29, 0.717) is 11.4 Å². The van der Waals surface area contributed by atoms with E-state index < -0.39 is 28.4 Å². The Balaban J connectivity index is 1.69. The SMILES string of the molecule is CC(C)N(C)S(=O)(=O)c1cccc(C(=O)OCC(=O)c2ccc3c(c2)NC(=O)CO3)c1. The third kappa shape index (κ3) is 4.92. The molecule has 0 bridgehead atoms. The Kier molecular flexibility index (Phi) is 6.42. The molecule has 1 aliphatic heterocycles. The van der Waals surface area contributed by atoms with E-state index in [4.69, 9.17) is 9.47 Å². The molecule has 9 nitrogen and oxygen atoms in total. The molecule has 0 saturated heterocycles. The Morgan fingerprint density at radius 2 is 1.90 bits per heavy atom. The van der Waals surface area contributed by atoms with Crippen molar-refractivity contribution in [3.63, 3.8) is 0 Å². The molecule has 0 unspecified atom stereocenters. The van der Waals surface area contributed by atoms with Crippen LogP contribution in [0.3, 0.4) is 0 Å². The number of esters is 1. The maximum atomic E-state index is 12.6. The van der Waals surface area contributed by atoms with Crippen LogP contribution in [0.2, 0.25) is 0 Å². The molecule has 0 atom stereocenters. The van der Waals surface area contributed by atoms with Crippen LogP contribution in [0.1, 0.15) is 34.6 Å². The Hall–Kier alpha value is -3.24. The Morgan fingerprint density at radius 3 is 2.61 bits per heavy atom. The Bertz CT molecular complexity index is 1140. The summed E-state index contributed by atoms with van der Waals surface area (Å²) in [4.78, 5) is 36.2. The molecule has 1 heterocycles. The van der Waals surface area contributed by atoms with Gasteiger partial charge in [0.15, 0.2) is 19.0 Å². The average Bonchev–Trinajstić information content (AvgIpc) is 2.76. The standard InChI is InChI=1S/C21H22N2O7S/c1-13(2)23(3)31(27,28)16-6-4-5-15(9-16)21(26)30-11-18(24)14-7-8-19-17(10-14)22-20(25)12-29-19/h4-10,13H,11-12H2,1-3H3,(H,22,25). The van der Waals surface area contributed by atoms with Gasteiger partial charge in [-0.05, 0) is 50.2 Å². The summed E-state index contributed by atoms with van der Waals surface area (Å²) < 4.78 is 36.7. The van der Waals surface area contributed by atoms with Crippen molar-refractivity contribution in [2.24, 2.45) is 0 Å². The highest BCUT2D eigenvalue weighted by Gasteiger charge is 2.24. The summed E-state index contributed by atoms with van der Waals surface area (Å²) in [6, 6.07) is 9.68. The fraction of sp³-hybridized carbons (Fsp3) is 0.286. The number of ketones is 1. The molecule has 31 heavy (non-hydrogen) atoms.